The molecular weight excluding hydrogens is 368 g/mol. The second-order valence-corrected chi connectivity index (χ2v) is 6.75. The molecule has 1 unspecified atom stereocenters. The number of halogens is 2. The van der Waals surface area contributed by atoms with Crippen molar-refractivity contribution in [1.82, 2.24) is 0 Å². The Morgan fingerprint density at radius 3 is 1.95 bits per heavy atom. The Balaban J connectivity index is 2.22. The lowest BCUT2D eigenvalue weighted by Crippen LogP contribution is -2.02. The van der Waals surface area contributed by atoms with Crippen LogP contribution in [0.4, 0.5) is 0 Å². The maximum Gasteiger partial charge on any atom is 0.0831 e. The number of benzene rings is 2. The molecule has 0 amide bonds. The smallest absolute Gasteiger partial charge is 0.0831 e. The van der Waals surface area contributed by atoms with Crippen molar-refractivity contribution in [3.63, 3.8) is 0 Å². The Hall–Kier alpha value is -0.640. The minimum absolute atomic E-state index is 0.491. The maximum atomic E-state index is 10.4. The van der Waals surface area contributed by atoms with Gasteiger partial charge in [0.15, 0.2) is 0 Å². The highest BCUT2D eigenvalue weighted by Gasteiger charge is 2.10. The van der Waals surface area contributed by atoms with Crippen LogP contribution >= 0.6 is 31.9 Å². The van der Waals surface area contributed by atoms with E-state index in [1.807, 2.05) is 18.2 Å². The zero-order chi connectivity index (χ0) is 14.0. The first kappa shape index (κ1) is 14.8. The fraction of sp³-hybridized carbons (Fsp3) is 0.250. The molecule has 19 heavy (non-hydrogen) atoms. The van der Waals surface area contributed by atoms with Crippen molar-refractivity contribution in [2.45, 2.75) is 26.4 Å². The van der Waals surface area contributed by atoms with Crippen LogP contribution in [0.5, 0.6) is 0 Å². The standard InChI is InChI=1S/C16H16Br2O/c1-10-3-11(2)5-12(4-10)6-16(19)13-7-14(17)9-15(18)8-13/h3-5,7-9,16,19H,6H2,1-2H3. The van der Waals surface area contributed by atoms with Gasteiger partial charge >= 0.3 is 0 Å². The van der Waals surface area contributed by atoms with E-state index in [0.717, 1.165) is 14.5 Å². The number of aliphatic hydroxyl groups excluding tert-OH is 1. The summed E-state index contributed by atoms with van der Waals surface area (Å²) in [5.74, 6) is 0. The van der Waals surface area contributed by atoms with Gasteiger partial charge in [0, 0.05) is 15.4 Å². The summed E-state index contributed by atoms with van der Waals surface area (Å²) < 4.78 is 1.94. The van der Waals surface area contributed by atoms with Gasteiger partial charge in [-0.1, -0.05) is 61.2 Å². The molecule has 0 fully saturated rings. The van der Waals surface area contributed by atoms with Crippen molar-refractivity contribution in [2.75, 3.05) is 0 Å². The average Bonchev–Trinajstić information content (AvgIpc) is 2.25. The molecule has 2 aromatic rings. The van der Waals surface area contributed by atoms with Gasteiger partial charge in [-0.2, -0.15) is 0 Å². The van der Waals surface area contributed by atoms with Gasteiger partial charge in [0.1, 0.15) is 0 Å². The minimum atomic E-state index is -0.491. The summed E-state index contributed by atoms with van der Waals surface area (Å²) in [6.07, 6.45) is 0.140. The van der Waals surface area contributed by atoms with E-state index in [1.54, 1.807) is 0 Å². The Morgan fingerprint density at radius 2 is 1.42 bits per heavy atom. The normalized spacial score (nSPS) is 12.5. The molecule has 2 aromatic carbocycles. The van der Waals surface area contributed by atoms with E-state index in [9.17, 15) is 5.11 Å². The first-order valence-electron chi connectivity index (χ1n) is 6.15. The summed E-state index contributed by atoms with van der Waals surface area (Å²) in [7, 11) is 0. The van der Waals surface area contributed by atoms with E-state index in [4.69, 9.17) is 0 Å². The molecule has 0 aliphatic rings. The molecule has 3 heteroatoms. The van der Waals surface area contributed by atoms with Gasteiger partial charge in [-0.3, -0.25) is 0 Å². The molecule has 100 valence electrons. The Morgan fingerprint density at radius 1 is 0.895 bits per heavy atom. The zero-order valence-electron chi connectivity index (χ0n) is 11.0. The topological polar surface area (TPSA) is 20.2 Å². The largest absolute Gasteiger partial charge is 0.388 e. The van der Waals surface area contributed by atoms with Crippen LogP contribution in [0.25, 0.3) is 0 Å². The monoisotopic (exact) mass is 382 g/mol. The summed E-state index contributed by atoms with van der Waals surface area (Å²) in [6, 6.07) is 12.3. The SMILES string of the molecule is Cc1cc(C)cc(CC(O)c2cc(Br)cc(Br)c2)c1. The summed E-state index contributed by atoms with van der Waals surface area (Å²) in [4.78, 5) is 0. The molecule has 1 atom stereocenters. The van der Waals surface area contributed by atoms with Crippen LogP contribution in [0.3, 0.4) is 0 Å². The summed E-state index contributed by atoms with van der Waals surface area (Å²) >= 11 is 6.90. The second kappa shape index (κ2) is 6.21. The number of rotatable bonds is 3. The van der Waals surface area contributed by atoms with Crippen LogP contribution in [-0.4, -0.2) is 5.11 Å². The average molecular weight is 384 g/mol. The first-order valence-corrected chi connectivity index (χ1v) is 7.74. The quantitative estimate of drug-likeness (QED) is 0.781. The van der Waals surface area contributed by atoms with E-state index in [2.05, 4.69) is 63.9 Å². The lowest BCUT2D eigenvalue weighted by atomic mass is 9.98. The van der Waals surface area contributed by atoms with Gasteiger partial charge in [-0.05, 0) is 43.2 Å². The molecule has 0 bridgehead atoms. The summed E-state index contributed by atoms with van der Waals surface area (Å²) in [5.41, 5.74) is 4.55. The van der Waals surface area contributed by atoms with Crippen molar-refractivity contribution in [2.24, 2.45) is 0 Å². The Labute approximate surface area is 130 Å². The van der Waals surface area contributed by atoms with Gasteiger partial charge in [0.05, 0.1) is 6.10 Å². The molecule has 0 aromatic heterocycles. The van der Waals surface area contributed by atoms with Crippen LogP contribution in [0.2, 0.25) is 0 Å². The highest BCUT2D eigenvalue weighted by Crippen LogP contribution is 2.26. The highest BCUT2D eigenvalue weighted by molar-refractivity contribution is 9.11. The minimum Gasteiger partial charge on any atom is -0.388 e. The zero-order valence-corrected chi connectivity index (χ0v) is 14.1. The Bertz CT molecular complexity index is 553. The molecule has 1 N–H and O–H groups in total. The molecule has 1 nitrogen and oxygen atoms in total. The number of aliphatic hydroxyl groups is 1. The van der Waals surface area contributed by atoms with Crippen LogP contribution in [0, 0.1) is 13.8 Å². The molecule has 0 aliphatic carbocycles. The van der Waals surface area contributed by atoms with Crippen LogP contribution in [0.1, 0.15) is 28.4 Å². The van der Waals surface area contributed by atoms with Gasteiger partial charge < -0.3 is 5.11 Å². The van der Waals surface area contributed by atoms with Crippen LogP contribution < -0.4 is 0 Å². The fourth-order valence-electron chi connectivity index (χ4n) is 2.30. The lowest BCUT2D eigenvalue weighted by Gasteiger charge is -2.13. The molecular formula is C16H16Br2O. The maximum absolute atomic E-state index is 10.4. The summed E-state index contributed by atoms with van der Waals surface area (Å²) in [5, 5.41) is 10.4. The third-order valence-corrected chi connectivity index (χ3v) is 3.90. The molecule has 0 spiro atoms. The predicted molar refractivity (Wildman–Crippen MR) is 86.4 cm³/mol. The number of hydrogen-bond acceptors (Lipinski definition) is 1. The molecule has 0 aliphatic heterocycles. The van der Waals surface area contributed by atoms with E-state index in [0.29, 0.717) is 6.42 Å². The van der Waals surface area contributed by atoms with Crippen LogP contribution in [-0.2, 0) is 6.42 Å². The van der Waals surface area contributed by atoms with Crippen molar-refractivity contribution < 1.29 is 5.11 Å². The van der Waals surface area contributed by atoms with E-state index >= 15 is 0 Å². The molecule has 2 rings (SSSR count). The third-order valence-electron chi connectivity index (χ3n) is 2.98. The third kappa shape index (κ3) is 4.16. The van der Waals surface area contributed by atoms with E-state index in [1.165, 1.54) is 16.7 Å². The second-order valence-electron chi connectivity index (χ2n) is 4.92. The predicted octanol–water partition coefficient (Wildman–Crippen LogP) is 5.10. The molecule has 0 heterocycles. The number of hydrogen-bond donors (Lipinski definition) is 1. The molecule has 0 saturated heterocycles. The lowest BCUT2D eigenvalue weighted by molar-refractivity contribution is 0.178. The van der Waals surface area contributed by atoms with Gasteiger partial charge in [-0.25, -0.2) is 0 Å². The summed E-state index contributed by atoms with van der Waals surface area (Å²) in [6.45, 7) is 4.16. The van der Waals surface area contributed by atoms with Crippen molar-refractivity contribution >= 4 is 31.9 Å². The van der Waals surface area contributed by atoms with Gasteiger partial charge in [0.2, 0.25) is 0 Å². The van der Waals surface area contributed by atoms with Gasteiger partial charge in [-0.15, -0.1) is 0 Å². The molecule has 0 radical (unpaired) electrons. The number of aryl methyl sites for hydroxylation is 2. The van der Waals surface area contributed by atoms with E-state index in [-0.39, 0.29) is 0 Å². The van der Waals surface area contributed by atoms with Crippen molar-refractivity contribution in [3.8, 4) is 0 Å². The molecule has 0 saturated carbocycles. The van der Waals surface area contributed by atoms with Crippen molar-refractivity contribution in [1.29, 1.82) is 0 Å². The Kier molecular flexibility index (Phi) is 4.82. The van der Waals surface area contributed by atoms with Crippen LogP contribution in [0.15, 0.2) is 45.3 Å². The highest BCUT2D eigenvalue weighted by atomic mass is 79.9. The van der Waals surface area contributed by atoms with Crippen molar-refractivity contribution in [3.05, 3.63) is 67.6 Å². The van der Waals surface area contributed by atoms with E-state index < -0.39 is 6.10 Å². The fourth-order valence-corrected chi connectivity index (χ4v) is 3.62. The first-order chi connectivity index (χ1) is 8.94. The van der Waals surface area contributed by atoms with Gasteiger partial charge in [0.25, 0.3) is 0 Å².